The van der Waals surface area contributed by atoms with Crippen molar-refractivity contribution in [1.82, 2.24) is 0 Å². The van der Waals surface area contributed by atoms with Crippen molar-refractivity contribution in [2.75, 3.05) is 5.73 Å². The zero-order chi connectivity index (χ0) is 12.0. The number of nitriles is 1. The molecule has 2 heteroatoms. The summed E-state index contributed by atoms with van der Waals surface area (Å²) in [7, 11) is 0. The predicted octanol–water partition coefficient (Wildman–Crippen LogP) is 3.12. The molecule has 84 valence electrons. The standard InChI is InChI=1S/C14H18N2/c1-13(2,3)10-6-11(8-12(16)7-10)14(9-15)4-5-14/h6-8H,4-5,16H2,1-3H3. The normalized spacial score (nSPS) is 17.9. The average Bonchev–Trinajstić information content (AvgIpc) is 2.96. The Balaban J connectivity index is 2.50. The highest BCUT2D eigenvalue weighted by Gasteiger charge is 2.45. The smallest absolute Gasteiger partial charge is 0.0824 e. The molecule has 0 saturated heterocycles. The molecule has 0 aliphatic heterocycles. The zero-order valence-corrected chi connectivity index (χ0v) is 10.2. The quantitative estimate of drug-likeness (QED) is 0.730. The lowest BCUT2D eigenvalue weighted by Gasteiger charge is -2.21. The second-order valence-electron chi connectivity index (χ2n) is 5.79. The molecule has 0 aromatic heterocycles. The van der Waals surface area contributed by atoms with Crippen LogP contribution in [0.25, 0.3) is 0 Å². The lowest BCUT2D eigenvalue weighted by molar-refractivity contribution is 0.589. The SMILES string of the molecule is CC(C)(C)c1cc(N)cc(C2(C#N)CC2)c1. The monoisotopic (exact) mass is 214 g/mol. The Labute approximate surface area is 97.1 Å². The van der Waals surface area contributed by atoms with E-state index in [1.165, 1.54) is 5.56 Å². The van der Waals surface area contributed by atoms with Crippen LogP contribution in [-0.4, -0.2) is 0 Å². The summed E-state index contributed by atoms with van der Waals surface area (Å²) in [6, 6.07) is 8.53. The van der Waals surface area contributed by atoms with Crippen LogP contribution >= 0.6 is 0 Å². The van der Waals surface area contributed by atoms with Crippen molar-refractivity contribution in [2.24, 2.45) is 0 Å². The van der Waals surface area contributed by atoms with Crippen molar-refractivity contribution in [1.29, 1.82) is 5.26 Å². The molecule has 2 nitrogen and oxygen atoms in total. The van der Waals surface area contributed by atoms with Gasteiger partial charge in [0, 0.05) is 5.69 Å². The summed E-state index contributed by atoms with van der Waals surface area (Å²) < 4.78 is 0. The number of nitrogens with zero attached hydrogens (tertiary/aromatic N) is 1. The Morgan fingerprint density at radius 3 is 2.31 bits per heavy atom. The van der Waals surface area contributed by atoms with Gasteiger partial charge in [-0.05, 0) is 41.5 Å². The summed E-state index contributed by atoms with van der Waals surface area (Å²) in [5.41, 5.74) is 8.84. The van der Waals surface area contributed by atoms with E-state index in [2.05, 4.69) is 32.9 Å². The molecule has 1 aromatic rings. The van der Waals surface area contributed by atoms with Crippen LogP contribution in [0.15, 0.2) is 18.2 Å². The van der Waals surface area contributed by atoms with Crippen molar-refractivity contribution >= 4 is 5.69 Å². The first kappa shape index (κ1) is 11.0. The Morgan fingerprint density at radius 2 is 1.88 bits per heavy atom. The first-order valence-electron chi connectivity index (χ1n) is 5.70. The van der Waals surface area contributed by atoms with Crippen LogP contribution in [0.5, 0.6) is 0 Å². The summed E-state index contributed by atoms with van der Waals surface area (Å²) in [6.07, 6.45) is 1.94. The summed E-state index contributed by atoms with van der Waals surface area (Å²) >= 11 is 0. The van der Waals surface area contributed by atoms with E-state index in [4.69, 9.17) is 5.73 Å². The van der Waals surface area contributed by atoms with E-state index in [-0.39, 0.29) is 10.8 Å². The van der Waals surface area contributed by atoms with Crippen molar-refractivity contribution in [3.05, 3.63) is 29.3 Å². The molecule has 2 N–H and O–H groups in total. The molecular formula is C14H18N2. The molecule has 1 aliphatic carbocycles. The van der Waals surface area contributed by atoms with Gasteiger partial charge in [0.15, 0.2) is 0 Å². The van der Waals surface area contributed by atoms with Gasteiger partial charge in [-0.2, -0.15) is 5.26 Å². The largest absolute Gasteiger partial charge is 0.399 e. The molecule has 1 aromatic carbocycles. The summed E-state index contributed by atoms with van der Waals surface area (Å²) in [5, 5.41) is 9.20. The topological polar surface area (TPSA) is 49.8 Å². The molecule has 0 radical (unpaired) electrons. The van der Waals surface area contributed by atoms with E-state index in [0.717, 1.165) is 24.1 Å². The summed E-state index contributed by atoms with van der Waals surface area (Å²) in [4.78, 5) is 0. The van der Waals surface area contributed by atoms with Crippen molar-refractivity contribution < 1.29 is 0 Å². The van der Waals surface area contributed by atoms with Gasteiger partial charge in [-0.25, -0.2) is 0 Å². The van der Waals surface area contributed by atoms with Crippen LogP contribution in [0.2, 0.25) is 0 Å². The third-order valence-electron chi connectivity index (χ3n) is 3.34. The number of hydrogen-bond donors (Lipinski definition) is 1. The Bertz CT molecular complexity index is 457. The highest BCUT2D eigenvalue weighted by molar-refractivity contribution is 5.52. The molecular weight excluding hydrogens is 196 g/mol. The van der Waals surface area contributed by atoms with E-state index in [1.54, 1.807) is 0 Å². The van der Waals surface area contributed by atoms with Gasteiger partial charge in [0.05, 0.1) is 11.5 Å². The lowest BCUT2D eigenvalue weighted by Crippen LogP contribution is -2.14. The van der Waals surface area contributed by atoms with Crippen LogP contribution in [0.1, 0.15) is 44.7 Å². The zero-order valence-electron chi connectivity index (χ0n) is 10.2. The first-order valence-corrected chi connectivity index (χ1v) is 5.70. The van der Waals surface area contributed by atoms with Crippen LogP contribution in [0, 0.1) is 11.3 Å². The first-order chi connectivity index (χ1) is 7.37. The van der Waals surface area contributed by atoms with E-state index in [0.29, 0.717) is 0 Å². The third kappa shape index (κ3) is 1.78. The number of nitrogen functional groups attached to an aromatic ring is 1. The minimum Gasteiger partial charge on any atom is -0.399 e. The van der Waals surface area contributed by atoms with Crippen molar-refractivity contribution in [3.8, 4) is 6.07 Å². The second kappa shape index (κ2) is 3.25. The fourth-order valence-electron chi connectivity index (χ4n) is 1.95. The van der Waals surface area contributed by atoms with Crippen LogP contribution in [0.3, 0.4) is 0 Å². The fraction of sp³-hybridized carbons (Fsp3) is 0.500. The maximum atomic E-state index is 9.20. The molecule has 1 aliphatic rings. The van der Waals surface area contributed by atoms with Crippen LogP contribution < -0.4 is 5.73 Å². The third-order valence-corrected chi connectivity index (χ3v) is 3.34. The van der Waals surface area contributed by atoms with E-state index < -0.39 is 0 Å². The fourth-order valence-corrected chi connectivity index (χ4v) is 1.95. The van der Waals surface area contributed by atoms with Gasteiger partial charge in [0.25, 0.3) is 0 Å². The number of anilines is 1. The maximum Gasteiger partial charge on any atom is 0.0824 e. The second-order valence-corrected chi connectivity index (χ2v) is 5.79. The van der Waals surface area contributed by atoms with Crippen LogP contribution in [-0.2, 0) is 10.8 Å². The molecule has 16 heavy (non-hydrogen) atoms. The molecule has 0 unspecified atom stereocenters. The number of hydrogen-bond acceptors (Lipinski definition) is 2. The molecule has 1 saturated carbocycles. The minimum atomic E-state index is -0.241. The lowest BCUT2D eigenvalue weighted by atomic mass is 9.83. The highest BCUT2D eigenvalue weighted by Crippen LogP contribution is 2.48. The van der Waals surface area contributed by atoms with Gasteiger partial charge in [-0.3, -0.25) is 0 Å². The Kier molecular flexibility index (Phi) is 2.24. The number of nitrogens with two attached hydrogens (primary N) is 1. The summed E-state index contributed by atoms with van der Waals surface area (Å²) in [6.45, 7) is 6.49. The van der Waals surface area contributed by atoms with E-state index in [9.17, 15) is 5.26 Å². The molecule has 0 bridgehead atoms. The Morgan fingerprint density at radius 1 is 1.25 bits per heavy atom. The molecule has 0 atom stereocenters. The summed E-state index contributed by atoms with van der Waals surface area (Å²) in [5.74, 6) is 0. The van der Waals surface area contributed by atoms with E-state index >= 15 is 0 Å². The molecule has 0 heterocycles. The molecule has 0 amide bonds. The van der Waals surface area contributed by atoms with Gasteiger partial charge in [-0.1, -0.05) is 26.8 Å². The average molecular weight is 214 g/mol. The maximum absolute atomic E-state index is 9.20. The van der Waals surface area contributed by atoms with E-state index in [1.807, 2.05) is 12.1 Å². The molecule has 2 rings (SSSR count). The van der Waals surface area contributed by atoms with Gasteiger partial charge >= 0.3 is 0 Å². The number of rotatable bonds is 1. The highest BCUT2D eigenvalue weighted by atomic mass is 14.6. The van der Waals surface area contributed by atoms with Crippen molar-refractivity contribution in [2.45, 2.75) is 44.4 Å². The Hall–Kier alpha value is -1.49. The van der Waals surface area contributed by atoms with Gasteiger partial charge in [-0.15, -0.1) is 0 Å². The van der Waals surface area contributed by atoms with Gasteiger partial charge in [0.2, 0.25) is 0 Å². The van der Waals surface area contributed by atoms with Gasteiger partial charge < -0.3 is 5.73 Å². The number of benzene rings is 1. The molecule has 0 spiro atoms. The molecule has 1 fully saturated rings. The van der Waals surface area contributed by atoms with Crippen LogP contribution in [0.4, 0.5) is 5.69 Å². The minimum absolute atomic E-state index is 0.0790. The van der Waals surface area contributed by atoms with Gasteiger partial charge in [0.1, 0.15) is 0 Å². The van der Waals surface area contributed by atoms with Crippen molar-refractivity contribution in [3.63, 3.8) is 0 Å². The predicted molar refractivity (Wildman–Crippen MR) is 66.1 cm³/mol.